The van der Waals surface area contributed by atoms with Gasteiger partial charge in [-0.3, -0.25) is 9.69 Å². The van der Waals surface area contributed by atoms with E-state index >= 15 is 0 Å². The molecule has 0 bridgehead atoms. The summed E-state index contributed by atoms with van der Waals surface area (Å²) in [5, 5.41) is 12.0. The van der Waals surface area contributed by atoms with Crippen LogP contribution in [-0.4, -0.2) is 46.6 Å². The van der Waals surface area contributed by atoms with Crippen LogP contribution in [0.3, 0.4) is 0 Å². The molecule has 1 unspecified atom stereocenters. The van der Waals surface area contributed by atoms with Crippen molar-refractivity contribution in [2.75, 3.05) is 25.0 Å². The van der Waals surface area contributed by atoms with Gasteiger partial charge in [-0.15, -0.1) is 0 Å². The van der Waals surface area contributed by atoms with Gasteiger partial charge in [-0.1, -0.05) is 30.8 Å². The second kappa shape index (κ2) is 8.22. The highest BCUT2D eigenvalue weighted by molar-refractivity contribution is 7.80. The number of nitrogens with zero attached hydrogens (tertiary/aromatic N) is 1. The average Bonchev–Trinajstić information content (AvgIpc) is 2.49. The fraction of sp³-hybridized carbons (Fsp3) is 0.500. The number of aliphatic hydroxyl groups is 1. The van der Waals surface area contributed by atoms with Gasteiger partial charge in [0.05, 0.1) is 6.54 Å². The molecular formula is C16H23N3O2S. The summed E-state index contributed by atoms with van der Waals surface area (Å²) < 4.78 is 0. The lowest BCUT2D eigenvalue weighted by molar-refractivity contribution is -0.118. The van der Waals surface area contributed by atoms with E-state index in [0.717, 1.165) is 31.4 Å². The van der Waals surface area contributed by atoms with Crippen LogP contribution in [0.1, 0.15) is 31.2 Å². The molecular weight excluding hydrogens is 298 g/mol. The molecule has 22 heavy (non-hydrogen) atoms. The summed E-state index contributed by atoms with van der Waals surface area (Å²) in [6.45, 7) is 1.42. The van der Waals surface area contributed by atoms with Crippen molar-refractivity contribution in [2.45, 2.75) is 31.7 Å². The predicted octanol–water partition coefficient (Wildman–Crippen LogP) is 1.50. The molecule has 5 nitrogen and oxygen atoms in total. The summed E-state index contributed by atoms with van der Waals surface area (Å²) in [7, 11) is 0. The van der Waals surface area contributed by atoms with Crippen LogP contribution in [0.4, 0.5) is 5.69 Å². The van der Waals surface area contributed by atoms with E-state index in [4.69, 9.17) is 23.1 Å². The summed E-state index contributed by atoms with van der Waals surface area (Å²) in [6.07, 6.45) is 4.04. The fourth-order valence-corrected chi connectivity index (χ4v) is 3.01. The Morgan fingerprint density at radius 2 is 2.27 bits per heavy atom. The molecule has 6 heteroatoms. The number of rotatable bonds is 6. The van der Waals surface area contributed by atoms with E-state index in [1.54, 1.807) is 6.07 Å². The third-order valence-corrected chi connectivity index (χ3v) is 4.22. The average molecular weight is 321 g/mol. The van der Waals surface area contributed by atoms with Crippen molar-refractivity contribution < 1.29 is 9.90 Å². The molecule has 0 radical (unpaired) electrons. The topological polar surface area (TPSA) is 78.6 Å². The van der Waals surface area contributed by atoms with Crippen molar-refractivity contribution in [1.29, 1.82) is 0 Å². The number of nitrogens with two attached hydrogens (primary N) is 1. The molecule has 0 aromatic heterocycles. The highest BCUT2D eigenvalue weighted by Crippen LogP contribution is 2.19. The van der Waals surface area contributed by atoms with E-state index in [9.17, 15) is 4.79 Å². The number of likely N-dealkylation sites (tertiary alicyclic amines) is 1. The Labute approximate surface area is 136 Å². The molecule has 0 spiro atoms. The Bertz CT molecular complexity index is 534. The summed E-state index contributed by atoms with van der Waals surface area (Å²) in [6, 6.07) is 7.54. The van der Waals surface area contributed by atoms with Gasteiger partial charge in [0.1, 0.15) is 4.99 Å². The largest absolute Gasteiger partial charge is 0.396 e. The molecule has 4 N–H and O–H groups in total. The van der Waals surface area contributed by atoms with Crippen LogP contribution in [0, 0.1) is 0 Å². The number of carbonyl (C=O) groups excluding carboxylic acids is 1. The highest BCUT2D eigenvalue weighted by Gasteiger charge is 2.23. The van der Waals surface area contributed by atoms with Crippen LogP contribution in [0.15, 0.2) is 24.3 Å². The number of hydrogen-bond acceptors (Lipinski definition) is 4. The van der Waals surface area contributed by atoms with Crippen molar-refractivity contribution >= 4 is 28.8 Å². The zero-order chi connectivity index (χ0) is 15.9. The van der Waals surface area contributed by atoms with Gasteiger partial charge in [0.25, 0.3) is 0 Å². The molecule has 1 aliphatic rings. The number of benzene rings is 1. The van der Waals surface area contributed by atoms with Crippen molar-refractivity contribution in [3.63, 3.8) is 0 Å². The molecule has 1 aromatic carbocycles. The standard InChI is InChI=1S/C16H23N3O2S/c17-16(22)12-4-3-5-13(10-12)18-15(21)11-19-8-2-1-6-14(19)7-9-20/h3-5,10,14,20H,1-2,6-9,11H2,(H2,17,22)(H,18,21). The SMILES string of the molecule is NC(=S)c1cccc(NC(=O)CN2CCCCC2CCO)c1. The van der Waals surface area contributed by atoms with Gasteiger partial charge >= 0.3 is 0 Å². The Balaban J connectivity index is 1.94. The number of carbonyl (C=O) groups is 1. The highest BCUT2D eigenvalue weighted by atomic mass is 32.1. The van der Waals surface area contributed by atoms with Gasteiger partial charge in [-0.2, -0.15) is 0 Å². The van der Waals surface area contributed by atoms with E-state index in [0.29, 0.717) is 23.3 Å². The second-order valence-electron chi connectivity index (χ2n) is 5.63. The third kappa shape index (κ3) is 4.76. The molecule has 1 saturated heterocycles. The first-order valence-electron chi connectivity index (χ1n) is 7.65. The lowest BCUT2D eigenvalue weighted by atomic mass is 9.99. The van der Waals surface area contributed by atoms with Gasteiger partial charge in [-0.25, -0.2) is 0 Å². The van der Waals surface area contributed by atoms with Crippen molar-refractivity contribution in [3.05, 3.63) is 29.8 Å². The van der Waals surface area contributed by atoms with E-state index in [1.807, 2.05) is 18.2 Å². The molecule has 120 valence electrons. The minimum Gasteiger partial charge on any atom is -0.396 e. The molecule has 2 rings (SSSR count). The minimum atomic E-state index is -0.0510. The van der Waals surface area contributed by atoms with Gasteiger partial charge in [0.15, 0.2) is 0 Å². The maximum atomic E-state index is 12.2. The molecule has 1 amide bonds. The first-order valence-corrected chi connectivity index (χ1v) is 8.05. The van der Waals surface area contributed by atoms with E-state index < -0.39 is 0 Å². The number of hydrogen-bond donors (Lipinski definition) is 3. The smallest absolute Gasteiger partial charge is 0.238 e. The Hall–Kier alpha value is -1.50. The Morgan fingerprint density at radius 3 is 3.00 bits per heavy atom. The van der Waals surface area contributed by atoms with Crippen LogP contribution in [-0.2, 0) is 4.79 Å². The van der Waals surface area contributed by atoms with Gasteiger partial charge < -0.3 is 16.2 Å². The van der Waals surface area contributed by atoms with E-state index in [2.05, 4.69) is 10.2 Å². The van der Waals surface area contributed by atoms with Crippen molar-refractivity contribution in [1.82, 2.24) is 4.90 Å². The molecule has 1 fully saturated rings. The van der Waals surface area contributed by atoms with E-state index in [1.165, 1.54) is 6.42 Å². The van der Waals surface area contributed by atoms with Crippen molar-refractivity contribution in [2.24, 2.45) is 5.73 Å². The first-order chi connectivity index (χ1) is 10.6. The Morgan fingerprint density at radius 1 is 1.45 bits per heavy atom. The molecule has 1 heterocycles. The number of aliphatic hydroxyl groups excluding tert-OH is 1. The quantitative estimate of drug-likeness (QED) is 0.692. The number of amides is 1. The summed E-state index contributed by atoms with van der Waals surface area (Å²) in [5.74, 6) is -0.0510. The number of thiocarbonyl (C=S) groups is 1. The normalized spacial score (nSPS) is 18.9. The zero-order valence-electron chi connectivity index (χ0n) is 12.6. The minimum absolute atomic E-state index is 0.0510. The summed E-state index contributed by atoms with van der Waals surface area (Å²) in [4.78, 5) is 14.7. The summed E-state index contributed by atoms with van der Waals surface area (Å²) in [5.41, 5.74) is 7.04. The number of piperidine rings is 1. The lowest BCUT2D eigenvalue weighted by Gasteiger charge is -2.34. The Kier molecular flexibility index (Phi) is 6.30. The van der Waals surface area contributed by atoms with E-state index in [-0.39, 0.29) is 12.5 Å². The van der Waals surface area contributed by atoms with Gasteiger partial charge in [0, 0.05) is 23.9 Å². The summed E-state index contributed by atoms with van der Waals surface area (Å²) >= 11 is 4.94. The maximum Gasteiger partial charge on any atom is 0.238 e. The van der Waals surface area contributed by atoms with Crippen LogP contribution in [0.25, 0.3) is 0 Å². The number of nitrogens with one attached hydrogen (secondary N) is 1. The molecule has 1 aromatic rings. The predicted molar refractivity (Wildman–Crippen MR) is 91.9 cm³/mol. The monoisotopic (exact) mass is 321 g/mol. The van der Waals surface area contributed by atoms with Crippen LogP contribution in [0.2, 0.25) is 0 Å². The van der Waals surface area contributed by atoms with Gasteiger partial charge in [-0.05, 0) is 37.9 Å². The van der Waals surface area contributed by atoms with Gasteiger partial charge in [0.2, 0.25) is 5.91 Å². The molecule has 0 aliphatic carbocycles. The molecule has 0 saturated carbocycles. The molecule has 1 aliphatic heterocycles. The zero-order valence-corrected chi connectivity index (χ0v) is 13.4. The molecule has 1 atom stereocenters. The number of anilines is 1. The van der Waals surface area contributed by atoms with Crippen LogP contribution in [0.5, 0.6) is 0 Å². The third-order valence-electron chi connectivity index (χ3n) is 3.99. The first kappa shape index (κ1) is 16.9. The van der Waals surface area contributed by atoms with Crippen LogP contribution < -0.4 is 11.1 Å². The van der Waals surface area contributed by atoms with Crippen molar-refractivity contribution in [3.8, 4) is 0 Å². The second-order valence-corrected chi connectivity index (χ2v) is 6.07. The lowest BCUT2D eigenvalue weighted by Crippen LogP contribution is -2.44. The maximum absolute atomic E-state index is 12.2. The van der Waals surface area contributed by atoms with Crippen LogP contribution >= 0.6 is 12.2 Å². The fourth-order valence-electron chi connectivity index (χ4n) is 2.88.